The summed E-state index contributed by atoms with van der Waals surface area (Å²) in [6.07, 6.45) is 0.910. The van der Waals surface area contributed by atoms with Gasteiger partial charge in [-0.05, 0) is 34.1 Å². The summed E-state index contributed by atoms with van der Waals surface area (Å²) in [6.45, 7) is 14.5. The topological polar surface area (TPSA) is 95.1 Å². The molecule has 2 aromatic rings. The van der Waals surface area contributed by atoms with Crippen LogP contribution in [-0.2, 0) is 26.5 Å². The Hall–Kier alpha value is -1.78. The van der Waals surface area contributed by atoms with Crippen molar-refractivity contribution in [2.24, 2.45) is 7.05 Å². The summed E-state index contributed by atoms with van der Waals surface area (Å²) in [5, 5.41) is 4.53. The summed E-state index contributed by atoms with van der Waals surface area (Å²) in [7, 11) is -2.54. The Morgan fingerprint density at radius 1 is 1.38 bits per heavy atom. The number of hydrogen-bond acceptors (Lipinski definition) is 6. The zero-order valence-corrected chi connectivity index (χ0v) is 22.2. The van der Waals surface area contributed by atoms with E-state index in [4.69, 9.17) is 16.0 Å². The number of aromatic nitrogens is 2. The lowest BCUT2D eigenvalue weighted by molar-refractivity contribution is 0.0594. The molecular formula is C20H27BrN4O5SSi. The molecule has 0 unspecified atom stereocenters. The van der Waals surface area contributed by atoms with Gasteiger partial charge in [0.15, 0.2) is 5.69 Å². The number of carbonyl (C=O) groups excluding carboxylic acids is 1. The average Bonchev–Trinajstić information content (AvgIpc) is 3.42. The first-order chi connectivity index (χ1) is 14.9. The molecule has 1 aromatic carbocycles. The van der Waals surface area contributed by atoms with Crippen LogP contribution in [0.15, 0.2) is 21.5 Å². The van der Waals surface area contributed by atoms with E-state index in [0.717, 1.165) is 10.3 Å². The first kappa shape index (κ1) is 24.9. The highest BCUT2D eigenvalue weighted by Gasteiger charge is 2.61. The number of rotatable bonds is 9. The van der Waals surface area contributed by atoms with Gasteiger partial charge >= 0.3 is 11.6 Å². The Balaban J connectivity index is 2.03. The molecule has 0 N–H and O–H groups in total. The Labute approximate surface area is 197 Å². The molecule has 0 radical (unpaired) electrons. The molecule has 0 bridgehead atoms. The Kier molecular flexibility index (Phi) is 6.89. The number of aryl methyl sites for hydroxylation is 1. The molecule has 0 aliphatic heterocycles. The van der Waals surface area contributed by atoms with Crippen LogP contribution in [0.5, 0.6) is 0 Å². The van der Waals surface area contributed by atoms with Gasteiger partial charge in [0.05, 0.1) is 30.4 Å². The maximum Gasteiger partial charge on any atom is 0.359 e. The maximum absolute atomic E-state index is 13.7. The van der Waals surface area contributed by atoms with E-state index in [9.17, 15) is 13.2 Å². The van der Waals surface area contributed by atoms with Crippen molar-refractivity contribution in [1.29, 1.82) is 0 Å². The van der Waals surface area contributed by atoms with Crippen LogP contribution in [0.2, 0.25) is 25.7 Å². The molecule has 1 aliphatic rings. The summed E-state index contributed by atoms with van der Waals surface area (Å²) in [6, 6.07) is 3.76. The van der Waals surface area contributed by atoms with Gasteiger partial charge in [-0.2, -0.15) is 5.10 Å². The quantitative estimate of drug-likeness (QED) is 0.157. The van der Waals surface area contributed by atoms with Crippen LogP contribution < -0.4 is 0 Å². The molecule has 174 valence electrons. The molecule has 0 saturated heterocycles. The smallest absolute Gasteiger partial charge is 0.359 e. The molecule has 12 heteroatoms. The minimum absolute atomic E-state index is 0.0204. The normalized spacial score (nSPS) is 15.7. The van der Waals surface area contributed by atoms with Gasteiger partial charge in [0.1, 0.15) is 6.73 Å². The predicted octanol–water partition coefficient (Wildman–Crippen LogP) is 3.83. The Bertz CT molecular complexity index is 1200. The molecule has 1 heterocycles. The van der Waals surface area contributed by atoms with Crippen molar-refractivity contribution in [3.8, 4) is 0 Å². The lowest BCUT2D eigenvalue weighted by Crippen LogP contribution is -2.42. The second-order valence-electron chi connectivity index (χ2n) is 9.06. The lowest BCUT2D eigenvalue weighted by Gasteiger charge is -2.24. The number of ether oxygens (including phenoxy) is 2. The number of nitrogens with zero attached hydrogens (tertiary/aromatic N) is 4. The van der Waals surface area contributed by atoms with E-state index < -0.39 is 29.7 Å². The van der Waals surface area contributed by atoms with Gasteiger partial charge in [-0.3, -0.25) is 9.53 Å². The van der Waals surface area contributed by atoms with E-state index >= 15 is 0 Å². The Morgan fingerprint density at radius 2 is 2.03 bits per heavy atom. The second-order valence-corrected chi connectivity index (χ2v) is 17.4. The van der Waals surface area contributed by atoms with Crippen LogP contribution >= 0.6 is 15.9 Å². The summed E-state index contributed by atoms with van der Waals surface area (Å²) >= 11 is 3.41. The van der Waals surface area contributed by atoms with Crippen LogP contribution in [0.3, 0.4) is 0 Å². The van der Waals surface area contributed by atoms with Gasteiger partial charge in [0, 0.05) is 31.6 Å². The molecule has 0 spiro atoms. The minimum Gasteiger partial charge on any atom is -0.464 e. The van der Waals surface area contributed by atoms with Gasteiger partial charge < -0.3 is 9.47 Å². The average molecular weight is 544 g/mol. The number of benzene rings is 1. The molecular weight excluding hydrogens is 516 g/mol. The fraction of sp³-hybridized carbons (Fsp3) is 0.550. The van der Waals surface area contributed by atoms with Gasteiger partial charge in [0.25, 0.3) is 10.0 Å². The Morgan fingerprint density at radius 3 is 2.56 bits per heavy atom. The molecule has 1 aliphatic carbocycles. The lowest BCUT2D eigenvalue weighted by atomic mass is 10.2. The van der Waals surface area contributed by atoms with Gasteiger partial charge in [-0.15, -0.1) is 0 Å². The highest BCUT2D eigenvalue weighted by Crippen LogP contribution is 2.46. The zero-order chi connectivity index (χ0) is 23.9. The summed E-state index contributed by atoms with van der Waals surface area (Å²) < 4.78 is 41.0. The largest absolute Gasteiger partial charge is 0.464 e. The van der Waals surface area contributed by atoms with Gasteiger partial charge in [0.2, 0.25) is 0 Å². The number of fused-ring (bicyclic) bond motifs is 1. The molecule has 0 amide bonds. The monoisotopic (exact) mass is 542 g/mol. The van der Waals surface area contributed by atoms with Crippen molar-refractivity contribution in [3.05, 3.63) is 33.7 Å². The van der Waals surface area contributed by atoms with Crippen LogP contribution in [-0.4, -0.2) is 62.7 Å². The van der Waals surface area contributed by atoms with Crippen LogP contribution in [0.1, 0.15) is 23.3 Å². The minimum atomic E-state index is -4.09. The van der Waals surface area contributed by atoms with Crippen LogP contribution in [0, 0.1) is 6.57 Å². The van der Waals surface area contributed by atoms with Crippen molar-refractivity contribution < 1.29 is 22.7 Å². The third-order valence-corrected chi connectivity index (χ3v) is 9.57. The van der Waals surface area contributed by atoms with Crippen molar-refractivity contribution in [1.82, 2.24) is 14.1 Å². The van der Waals surface area contributed by atoms with Crippen molar-refractivity contribution >= 4 is 50.9 Å². The summed E-state index contributed by atoms with van der Waals surface area (Å²) in [4.78, 5) is 15.8. The van der Waals surface area contributed by atoms with E-state index in [0.29, 0.717) is 34.8 Å². The highest BCUT2D eigenvalue weighted by atomic mass is 79.9. The SMILES string of the molecule is [C-]#[N+]C1(N(COCC[Si](C)(C)C)S(=O)(=O)c2cc(Br)c3c(c2)c(C(=O)OC)nn3C)CC1. The van der Waals surface area contributed by atoms with Crippen molar-refractivity contribution in [2.45, 2.75) is 49.1 Å². The van der Waals surface area contributed by atoms with E-state index in [2.05, 4.69) is 45.5 Å². The van der Waals surface area contributed by atoms with E-state index in [1.165, 1.54) is 23.9 Å². The fourth-order valence-electron chi connectivity index (χ4n) is 3.33. The molecule has 0 atom stereocenters. The molecule has 1 fully saturated rings. The maximum atomic E-state index is 13.7. The van der Waals surface area contributed by atoms with E-state index in [1.54, 1.807) is 7.05 Å². The molecule has 3 rings (SSSR count). The number of sulfonamides is 1. The number of esters is 1. The van der Waals surface area contributed by atoms with E-state index in [-0.39, 0.29) is 17.3 Å². The van der Waals surface area contributed by atoms with Gasteiger partial charge in [-0.25, -0.2) is 19.8 Å². The fourth-order valence-corrected chi connectivity index (χ4v) is 6.63. The standard InChI is InChI=1S/C20H27BrN4O5SSi/c1-22-20(7-8-20)25(13-30-9-10-32(4,5)6)31(27,28)14-11-15-17(19(26)29-3)23-24(2)18(15)16(21)12-14/h11-12H,7-10,13H2,2-6H3. The third kappa shape index (κ3) is 4.77. The molecule has 1 saturated carbocycles. The van der Waals surface area contributed by atoms with Crippen LogP contribution in [0.4, 0.5) is 0 Å². The number of methoxy groups -OCH3 is 1. The predicted molar refractivity (Wildman–Crippen MR) is 126 cm³/mol. The number of carbonyl (C=O) groups is 1. The first-order valence-electron chi connectivity index (χ1n) is 10.1. The molecule has 1 aromatic heterocycles. The number of hydrogen-bond donors (Lipinski definition) is 0. The van der Waals surface area contributed by atoms with Gasteiger partial charge in [-0.1, -0.05) is 23.9 Å². The van der Waals surface area contributed by atoms with E-state index in [1.807, 2.05) is 0 Å². The van der Waals surface area contributed by atoms with Crippen molar-refractivity contribution in [2.75, 3.05) is 20.4 Å². The highest BCUT2D eigenvalue weighted by molar-refractivity contribution is 9.10. The van der Waals surface area contributed by atoms with Crippen molar-refractivity contribution in [3.63, 3.8) is 0 Å². The summed E-state index contributed by atoms with van der Waals surface area (Å²) in [5.74, 6) is -0.664. The molecule has 32 heavy (non-hydrogen) atoms. The molecule has 9 nitrogen and oxygen atoms in total. The third-order valence-electron chi connectivity index (χ3n) is 5.41. The summed E-state index contributed by atoms with van der Waals surface area (Å²) in [5.41, 5.74) is -0.542. The second kappa shape index (κ2) is 8.87. The number of halogens is 1. The zero-order valence-electron chi connectivity index (χ0n) is 18.8. The van der Waals surface area contributed by atoms with Crippen LogP contribution in [0.25, 0.3) is 15.7 Å². The first-order valence-corrected chi connectivity index (χ1v) is 16.0.